The smallest absolute Gasteiger partial charge is 0.223 e. The zero-order chi connectivity index (χ0) is 22.9. The Kier molecular flexibility index (Phi) is 8.86. The highest BCUT2D eigenvalue weighted by atomic mass is 16.2. The number of nitrogens with one attached hydrogen (secondary N) is 1. The van der Waals surface area contributed by atoms with E-state index in [1.54, 1.807) is 0 Å². The van der Waals surface area contributed by atoms with E-state index in [4.69, 9.17) is 0 Å². The van der Waals surface area contributed by atoms with Crippen molar-refractivity contribution < 1.29 is 9.59 Å². The van der Waals surface area contributed by atoms with Crippen LogP contribution in [0.2, 0.25) is 0 Å². The fraction of sp³-hybridized carbons (Fsp3) is 0.481. The lowest BCUT2D eigenvalue weighted by atomic mass is 9.91. The van der Waals surface area contributed by atoms with E-state index >= 15 is 0 Å². The zero-order valence-electron chi connectivity index (χ0n) is 19.7. The molecule has 0 saturated carbocycles. The molecule has 3 rings (SSSR count). The Balaban J connectivity index is 1.59. The van der Waals surface area contributed by atoms with E-state index in [0.29, 0.717) is 19.4 Å². The molecule has 0 spiro atoms. The summed E-state index contributed by atoms with van der Waals surface area (Å²) < 4.78 is 0. The number of hydrogen-bond donors (Lipinski definition) is 1. The Morgan fingerprint density at radius 2 is 1.53 bits per heavy atom. The standard InChI is InChI=1S/C27H37N3O2/c1-4-30(5-2)16-15-28-26(31)19-24(21-11-7-6-8-12-21)20-27(32)29(3)25-17-22-13-9-10-14-23(22)18-25/h6-14,24-25H,4-5,15-20H2,1-3H3,(H,28,31). The summed E-state index contributed by atoms with van der Waals surface area (Å²) in [6, 6.07) is 18.6. The first-order chi connectivity index (χ1) is 15.5. The van der Waals surface area contributed by atoms with Crippen molar-refractivity contribution in [2.45, 2.75) is 51.5 Å². The van der Waals surface area contributed by atoms with Crippen LogP contribution in [-0.2, 0) is 22.4 Å². The quantitative estimate of drug-likeness (QED) is 0.586. The average molecular weight is 436 g/mol. The molecule has 2 aromatic carbocycles. The third kappa shape index (κ3) is 6.42. The first-order valence-corrected chi connectivity index (χ1v) is 11.9. The fourth-order valence-electron chi connectivity index (χ4n) is 4.59. The molecule has 2 aromatic rings. The highest BCUT2D eigenvalue weighted by Gasteiger charge is 2.29. The molecule has 172 valence electrons. The van der Waals surface area contributed by atoms with Gasteiger partial charge in [-0.05, 0) is 42.6 Å². The number of nitrogens with zero attached hydrogens (tertiary/aromatic N) is 2. The van der Waals surface area contributed by atoms with Gasteiger partial charge in [0.15, 0.2) is 0 Å². The Morgan fingerprint density at radius 1 is 0.938 bits per heavy atom. The van der Waals surface area contributed by atoms with Gasteiger partial charge in [0, 0.05) is 44.9 Å². The van der Waals surface area contributed by atoms with Gasteiger partial charge in [-0.1, -0.05) is 68.4 Å². The number of amides is 2. The molecule has 1 atom stereocenters. The Bertz CT molecular complexity index is 854. The predicted octanol–water partition coefficient (Wildman–Crippen LogP) is 3.63. The second kappa shape index (κ2) is 11.8. The molecule has 1 aliphatic carbocycles. The van der Waals surface area contributed by atoms with Gasteiger partial charge in [0.2, 0.25) is 11.8 Å². The van der Waals surface area contributed by atoms with E-state index in [1.165, 1.54) is 11.1 Å². The number of benzene rings is 2. The molecule has 0 radical (unpaired) electrons. The number of carbonyl (C=O) groups is 2. The van der Waals surface area contributed by atoms with Crippen LogP contribution in [0, 0.1) is 0 Å². The lowest BCUT2D eigenvalue weighted by Gasteiger charge is -2.27. The second-order valence-electron chi connectivity index (χ2n) is 8.73. The van der Waals surface area contributed by atoms with Gasteiger partial charge in [-0.15, -0.1) is 0 Å². The summed E-state index contributed by atoms with van der Waals surface area (Å²) in [5.41, 5.74) is 3.72. The third-order valence-electron chi connectivity index (χ3n) is 6.74. The Morgan fingerprint density at radius 3 is 2.12 bits per heavy atom. The molecule has 0 fully saturated rings. The van der Waals surface area contributed by atoms with Gasteiger partial charge in [0.25, 0.3) is 0 Å². The molecule has 5 heteroatoms. The van der Waals surface area contributed by atoms with Gasteiger partial charge in [0.1, 0.15) is 0 Å². The first-order valence-electron chi connectivity index (χ1n) is 11.9. The molecular weight excluding hydrogens is 398 g/mol. The summed E-state index contributed by atoms with van der Waals surface area (Å²) >= 11 is 0. The van der Waals surface area contributed by atoms with Crippen LogP contribution < -0.4 is 5.32 Å². The Labute approximate surface area is 192 Å². The maximum Gasteiger partial charge on any atom is 0.223 e. The van der Waals surface area contributed by atoms with Crippen LogP contribution in [0.1, 0.15) is 49.3 Å². The second-order valence-corrected chi connectivity index (χ2v) is 8.73. The van der Waals surface area contributed by atoms with E-state index in [0.717, 1.165) is 38.0 Å². The summed E-state index contributed by atoms with van der Waals surface area (Å²) in [4.78, 5) is 30.1. The first kappa shape index (κ1) is 24.0. The van der Waals surface area contributed by atoms with Crippen molar-refractivity contribution in [2.75, 3.05) is 33.2 Å². The lowest BCUT2D eigenvalue weighted by molar-refractivity contribution is -0.132. The summed E-state index contributed by atoms with van der Waals surface area (Å²) in [5, 5.41) is 3.05. The highest BCUT2D eigenvalue weighted by Crippen LogP contribution is 2.28. The fourth-order valence-corrected chi connectivity index (χ4v) is 4.59. The van der Waals surface area contributed by atoms with Crippen molar-refractivity contribution >= 4 is 11.8 Å². The summed E-state index contributed by atoms with van der Waals surface area (Å²) in [6.45, 7) is 7.69. The molecule has 32 heavy (non-hydrogen) atoms. The van der Waals surface area contributed by atoms with Crippen LogP contribution in [0.25, 0.3) is 0 Å². The van der Waals surface area contributed by atoms with Gasteiger partial charge < -0.3 is 15.1 Å². The highest BCUT2D eigenvalue weighted by molar-refractivity contribution is 5.81. The van der Waals surface area contributed by atoms with E-state index < -0.39 is 0 Å². The van der Waals surface area contributed by atoms with E-state index in [1.807, 2.05) is 42.3 Å². The van der Waals surface area contributed by atoms with Crippen LogP contribution in [0.3, 0.4) is 0 Å². The number of fused-ring (bicyclic) bond motifs is 1. The lowest BCUT2D eigenvalue weighted by Crippen LogP contribution is -2.39. The van der Waals surface area contributed by atoms with Gasteiger partial charge in [0.05, 0.1) is 0 Å². The number of carbonyl (C=O) groups excluding carboxylic acids is 2. The van der Waals surface area contributed by atoms with Gasteiger partial charge in [-0.2, -0.15) is 0 Å². The Hall–Kier alpha value is -2.66. The van der Waals surface area contributed by atoms with E-state index in [-0.39, 0.29) is 23.8 Å². The predicted molar refractivity (Wildman–Crippen MR) is 130 cm³/mol. The van der Waals surface area contributed by atoms with Crippen LogP contribution >= 0.6 is 0 Å². The summed E-state index contributed by atoms with van der Waals surface area (Å²) in [7, 11) is 1.91. The molecule has 2 amide bonds. The average Bonchev–Trinajstić information content (AvgIpc) is 3.25. The normalized spacial score (nSPS) is 14.2. The van der Waals surface area contributed by atoms with Crippen molar-refractivity contribution in [3.05, 3.63) is 71.3 Å². The van der Waals surface area contributed by atoms with E-state index in [9.17, 15) is 9.59 Å². The van der Waals surface area contributed by atoms with Crippen molar-refractivity contribution in [3.63, 3.8) is 0 Å². The number of likely N-dealkylation sites (N-methyl/N-ethyl adjacent to an activating group) is 2. The van der Waals surface area contributed by atoms with Crippen LogP contribution in [0.4, 0.5) is 0 Å². The van der Waals surface area contributed by atoms with Gasteiger partial charge in [-0.25, -0.2) is 0 Å². The molecule has 0 bridgehead atoms. The molecule has 1 aliphatic rings. The minimum Gasteiger partial charge on any atom is -0.355 e. The van der Waals surface area contributed by atoms with Crippen molar-refractivity contribution in [2.24, 2.45) is 0 Å². The minimum atomic E-state index is -0.122. The monoisotopic (exact) mass is 435 g/mol. The summed E-state index contributed by atoms with van der Waals surface area (Å²) in [5.74, 6) is -0.00860. The van der Waals surface area contributed by atoms with Crippen molar-refractivity contribution in [3.8, 4) is 0 Å². The summed E-state index contributed by atoms with van der Waals surface area (Å²) in [6.07, 6.45) is 2.48. The third-order valence-corrected chi connectivity index (χ3v) is 6.74. The number of rotatable bonds is 11. The molecular formula is C27H37N3O2. The van der Waals surface area contributed by atoms with Gasteiger partial charge in [-0.3, -0.25) is 9.59 Å². The van der Waals surface area contributed by atoms with Crippen molar-refractivity contribution in [1.82, 2.24) is 15.1 Å². The molecule has 1 N–H and O–H groups in total. The largest absolute Gasteiger partial charge is 0.355 e. The maximum absolute atomic E-state index is 13.2. The molecule has 0 aromatic heterocycles. The molecule has 1 unspecified atom stereocenters. The molecule has 0 heterocycles. The molecule has 0 saturated heterocycles. The molecule has 5 nitrogen and oxygen atoms in total. The topological polar surface area (TPSA) is 52.7 Å². The molecule has 0 aliphatic heterocycles. The van der Waals surface area contributed by atoms with E-state index in [2.05, 4.69) is 48.3 Å². The number of hydrogen-bond acceptors (Lipinski definition) is 3. The minimum absolute atomic E-state index is 0.00901. The van der Waals surface area contributed by atoms with Gasteiger partial charge >= 0.3 is 0 Å². The van der Waals surface area contributed by atoms with Crippen LogP contribution in [-0.4, -0.2) is 60.9 Å². The maximum atomic E-state index is 13.2. The SMILES string of the molecule is CCN(CC)CCNC(=O)CC(CC(=O)N(C)C1Cc2ccccc2C1)c1ccccc1. The van der Waals surface area contributed by atoms with Crippen molar-refractivity contribution in [1.29, 1.82) is 0 Å². The van der Waals surface area contributed by atoms with Crippen LogP contribution in [0.15, 0.2) is 54.6 Å². The zero-order valence-corrected chi connectivity index (χ0v) is 19.7. The van der Waals surface area contributed by atoms with Crippen LogP contribution in [0.5, 0.6) is 0 Å².